The van der Waals surface area contributed by atoms with Gasteiger partial charge in [0.05, 0.1) is 6.61 Å². The lowest BCUT2D eigenvalue weighted by Crippen LogP contribution is -2.49. The van der Waals surface area contributed by atoms with Crippen molar-refractivity contribution in [3.05, 3.63) is 36.1 Å². The highest BCUT2D eigenvalue weighted by atomic mass is 16.6. The molecule has 2 atom stereocenters. The minimum atomic E-state index is -0.0548. The lowest BCUT2D eigenvalue weighted by Gasteiger charge is -2.33. The Hall–Kier alpha value is -1.68. The van der Waals surface area contributed by atoms with E-state index in [-0.39, 0.29) is 12.1 Å². The van der Waals surface area contributed by atoms with Crippen molar-refractivity contribution in [3.8, 4) is 11.5 Å². The fourth-order valence-electron chi connectivity index (χ4n) is 2.57. The maximum Gasteiger partial charge on any atom is 0.161 e. The van der Waals surface area contributed by atoms with Crippen molar-refractivity contribution in [1.29, 1.82) is 0 Å². The zero-order valence-corrected chi connectivity index (χ0v) is 11.8. The first-order valence-corrected chi connectivity index (χ1v) is 7.33. The molecule has 0 aliphatic carbocycles. The van der Waals surface area contributed by atoms with Crippen molar-refractivity contribution in [2.24, 2.45) is 0 Å². The molecule has 20 heavy (non-hydrogen) atoms. The molecule has 108 valence electrons. The van der Waals surface area contributed by atoms with Gasteiger partial charge >= 0.3 is 0 Å². The Balaban J connectivity index is 1.75. The van der Waals surface area contributed by atoms with E-state index >= 15 is 0 Å². The highest BCUT2D eigenvalue weighted by Gasteiger charge is 2.33. The Morgan fingerprint density at radius 3 is 2.85 bits per heavy atom. The lowest BCUT2D eigenvalue weighted by molar-refractivity contribution is 0.0537. The third-order valence-electron chi connectivity index (χ3n) is 3.56. The number of hydrogen-bond acceptors (Lipinski definition) is 4. The summed E-state index contributed by atoms with van der Waals surface area (Å²) >= 11 is 0. The SMILES string of the molecule is CCCNC(C1=CCCO1)C1COc2ccccc2O1. The predicted molar refractivity (Wildman–Crippen MR) is 77.1 cm³/mol. The van der Waals surface area contributed by atoms with Gasteiger partial charge in [0.2, 0.25) is 0 Å². The Labute approximate surface area is 119 Å². The first-order chi connectivity index (χ1) is 9.88. The van der Waals surface area contributed by atoms with E-state index < -0.39 is 0 Å². The molecule has 3 rings (SSSR count). The van der Waals surface area contributed by atoms with Crippen LogP contribution in [0.5, 0.6) is 11.5 Å². The van der Waals surface area contributed by atoms with Crippen LogP contribution in [0.1, 0.15) is 19.8 Å². The molecule has 2 heterocycles. The van der Waals surface area contributed by atoms with Crippen LogP contribution in [-0.4, -0.2) is 31.9 Å². The number of rotatable bonds is 5. The number of nitrogens with one attached hydrogen (secondary N) is 1. The fraction of sp³-hybridized carbons (Fsp3) is 0.500. The quantitative estimate of drug-likeness (QED) is 0.896. The normalized spacial score (nSPS) is 22.1. The first-order valence-electron chi connectivity index (χ1n) is 7.33. The molecule has 0 fully saturated rings. The molecule has 4 nitrogen and oxygen atoms in total. The van der Waals surface area contributed by atoms with Gasteiger partial charge in [-0.05, 0) is 31.2 Å². The van der Waals surface area contributed by atoms with E-state index in [1.165, 1.54) is 0 Å². The molecule has 0 amide bonds. The van der Waals surface area contributed by atoms with Crippen LogP contribution < -0.4 is 14.8 Å². The van der Waals surface area contributed by atoms with E-state index in [0.717, 1.165) is 43.3 Å². The topological polar surface area (TPSA) is 39.7 Å². The molecule has 1 aromatic carbocycles. The van der Waals surface area contributed by atoms with Gasteiger partial charge in [0.1, 0.15) is 18.4 Å². The fourth-order valence-corrected chi connectivity index (χ4v) is 2.57. The van der Waals surface area contributed by atoms with Gasteiger partial charge in [-0.3, -0.25) is 0 Å². The zero-order valence-electron chi connectivity index (χ0n) is 11.8. The Morgan fingerprint density at radius 2 is 2.10 bits per heavy atom. The molecular formula is C16H21NO3. The second-order valence-electron chi connectivity index (χ2n) is 5.09. The largest absolute Gasteiger partial charge is 0.496 e. The molecule has 0 saturated carbocycles. The molecule has 2 unspecified atom stereocenters. The highest BCUT2D eigenvalue weighted by molar-refractivity contribution is 5.41. The molecule has 4 heteroatoms. The van der Waals surface area contributed by atoms with Crippen molar-refractivity contribution in [1.82, 2.24) is 5.32 Å². The summed E-state index contributed by atoms with van der Waals surface area (Å²) in [6.45, 7) is 4.40. The molecular weight excluding hydrogens is 254 g/mol. The van der Waals surface area contributed by atoms with Crippen molar-refractivity contribution >= 4 is 0 Å². The molecule has 2 aliphatic heterocycles. The van der Waals surface area contributed by atoms with Gasteiger partial charge in [-0.2, -0.15) is 0 Å². The predicted octanol–water partition coefficient (Wildman–Crippen LogP) is 2.50. The van der Waals surface area contributed by atoms with E-state index in [4.69, 9.17) is 14.2 Å². The average molecular weight is 275 g/mol. The van der Waals surface area contributed by atoms with Crippen molar-refractivity contribution in [3.63, 3.8) is 0 Å². The number of para-hydroxylation sites is 2. The third-order valence-corrected chi connectivity index (χ3v) is 3.56. The molecule has 0 radical (unpaired) electrons. The minimum absolute atomic E-state index is 0.0548. The van der Waals surface area contributed by atoms with Crippen LogP contribution in [0, 0.1) is 0 Å². The van der Waals surface area contributed by atoms with E-state index in [1.54, 1.807) is 0 Å². The van der Waals surface area contributed by atoms with Crippen LogP contribution in [0.3, 0.4) is 0 Å². The summed E-state index contributed by atoms with van der Waals surface area (Å²) in [5, 5.41) is 3.51. The van der Waals surface area contributed by atoms with Crippen LogP contribution >= 0.6 is 0 Å². The van der Waals surface area contributed by atoms with Crippen LogP contribution in [-0.2, 0) is 4.74 Å². The molecule has 0 bridgehead atoms. The van der Waals surface area contributed by atoms with E-state index in [1.807, 2.05) is 24.3 Å². The number of ether oxygens (including phenoxy) is 3. The molecule has 0 aromatic heterocycles. The first kappa shape index (κ1) is 13.3. The molecule has 0 spiro atoms. The summed E-state index contributed by atoms with van der Waals surface area (Å²) in [4.78, 5) is 0. The Morgan fingerprint density at radius 1 is 1.25 bits per heavy atom. The van der Waals surface area contributed by atoms with Gasteiger partial charge in [0.15, 0.2) is 17.6 Å². The van der Waals surface area contributed by atoms with Gasteiger partial charge in [-0.25, -0.2) is 0 Å². The summed E-state index contributed by atoms with van der Waals surface area (Å²) in [7, 11) is 0. The van der Waals surface area contributed by atoms with Crippen molar-refractivity contribution < 1.29 is 14.2 Å². The number of fused-ring (bicyclic) bond motifs is 1. The van der Waals surface area contributed by atoms with Crippen molar-refractivity contribution in [2.75, 3.05) is 19.8 Å². The van der Waals surface area contributed by atoms with Crippen molar-refractivity contribution in [2.45, 2.75) is 31.9 Å². The van der Waals surface area contributed by atoms with Crippen LogP contribution in [0.2, 0.25) is 0 Å². The summed E-state index contributed by atoms with van der Waals surface area (Å²) in [6.07, 6.45) is 4.15. The Bertz CT molecular complexity index is 486. The molecule has 1 N–H and O–H groups in total. The average Bonchev–Trinajstić information content (AvgIpc) is 3.02. The van der Waals surface area contributed by atoms with Gasteiger partial charge in [0, 0.05) is 6.42 Å². The maximum absolute atomic E-state index is 6.10. The van der Waals surface area contributed by atoms with Gasteiger partial charge < -0.3 is 19.5 Å². The zero-order chi connectivity index (χ0) is 13.8. The molecule has 0 saturated heterocycles. The standard InChI is InChI=1S/C16H21NO3/c1-2-9-17-16(14-8-5-10-18-14)15-11-19-12-6-3-4-7-13(12)20-15/h3-4,6-8,15-17H,2,5,9-11H2,1H3. The smallest absolute Gasteiger partial charge is 0.161 e. The van der Waals surface area contributed by atoms with Crippen LogP contribution in [0.25, 0.3) is 0 Å². The van der Waals surface area contributed by atoms with Crippen LogP contribution in [0.4, 0.5) is 0 Å². The van der Waals surface area contributed by atoms with E-state index in [9.17, 15) is 0 Å². The summed E-state index contributed by atoms with van der Waals surface area (Å²) in [6, 6.07) is 7.86. The maximum atomic E-state index is 6.10. The lowest BCUT2D eigenvalue weighted by atomic mass is 10.1. The molecule has 2 aliphatic rings. The summed E-state index contributed by atoms with van der Waals surface area (Å²) in [5.41, 5.74) is 0. The highest BCUT2D eigenvalue weighted by Crippen LogP contribution is 2.33. The number of benzene rings is 1. The summed E-state index contributed by atoms with van der Waals surface area (Å²) in [5.74, 6) is 2.62. The Kier molecular flexibility index (Phi) is 4.11. The van der Waals surface area contributed by atoms with Crippen LogP contribution in [0.15, 0.2) is 36.1 Å². The second-order valence-corrected chi connectivity index (χ2v) is 5.09. The summed E-state index contributed by atoms with van der Waals surface area (Å²) < 4.78 is 17.6. The van der Waals surface area contributed by atoms with Gasteiger partial charge in [-0.1, -0.05) is 19.1 Å². The number of hydrogen-bond donors (Lipinski definition) is 1. The van der Waals surface area contributed by atoms with Gasteiger partial charge in [0.25, 0.3) is 0 Å². The van der Waals surface area contributed by atoms with E-state index in [2.05, 4.69) is 18.3 Å². The minimum Gasteiger partial charge on any atom is -0.496 e. The monoisotopic (exact) mass is 275 g/mol. The van der Waals surface area contributed by atoms with Gasteiger partial charge in [-0.15, -0.1) is 0 Å². The third kappa shape index (κ3) is 2.75. The molecule has 1 aromatic rings. The van der Waals surface area contributed by atoms with E-state index in [0.29, 0.717) is 6.61 Å². The second kappa shape index (κ2) is 6.18.